The number of alkyl halides is 12. The van der Waals surface area contributed by atoms with Crippen molar-refractivity contribution in [3.8, 4) is 0 Å². The van der Waals surface area contributed by atoms with E-state index in [-0.39, 0.29) is 0 Å². The van der Waals surface area contributed by atoms with Crippen LogP contribution in [0.15, 0.2) is 19.6 Å². The summed E-state index contributed by atoms with van der Waals surface area (Å²) in [6, 6.07) is 0. The van der Waals surface area contributed by atoms with E-state index in [1.54, 1.807) is 0 Å². The standard InChI is InChI=1S/C8F12S4/c9-5(10,11)1-2(6(12,13)14)22-24-4(8(18,19)20)3(23-21-1)7(15,16)17. The fraction of sp³-hybridized carbons (Fsp3) is 0.500. The summed E-state index contributed by atoms with van der Waals surface area (Å²) < 4.78 is 152. The Bertz CT molecular complexity index is 447. The summed E-state index contributed by atoms with van der Waals surface area (Å²) in [6.07, 6.45) is -22.8. The highest BCUT2D eigenvalue weighted by Gasteiger charge is 2.52. The highest BCUT2D eigenvalue weighted by atomic mass is 33.1. The van der Waals surface area contributed by atoms with E-state index in [1.807, 2.05) is 0 Å². The predicted molar refractivity (Wildman–Crippen MR) is 68.6 cm³/mol. The van der Waals surface area contributed by atoms with Gasteiger partial charge in [0.05, 0.1) is 0 Å². The third-order valence-electron chi connectivity index (χ3n) is 1.86. The Balaban J connectivity index is 3.48. The first-order valence-corrected chi connectivity index (χ1v) is 9.22. The number of rotatable bonds is 0. The molecule has 0 aromatic rings. The summed E-state index contributed by atoms with van der Waals surface area (Å²) in [5.41, 5.74) is 0. The maximum absolute atomic E-state index is 12.7. The lowest BCUT2D eigenvalue weighted by molar-refractivity contribution is -0.104. The lowest BCUT2D eigenvalue weighted by atomic mass is 10.4. The van der Waals surface area contributed by atoms with E-state index < -0.39 is 87.5 Å². The maximum Gasteiger partial charge on any atom is 0.424 e. The Hall–Kier alpha value is 0.0400. The molecule has 1 rings (SSSR count). The van der Waals surface area contributed by atoms with Gasteiger partial charge in [-0.25, -0.2) is 0 Å². The highest BCUT2D eigenvalue weighted by Crippen LogP contribution is 2.62. The molecule has 0 nitrogen and oxygen atoms in total. The fourth-order valence-electron chi connectivity index (χ4n) is 1.02. The molecule has 0 N–H and O–H groups in total. The first-order chi connectivity index (χ1) is 10.5. The Morgan fingerprint density at radius 2 is 0.458 bits per heavy atom. The van der Waals surface area contributed by atoms with E-state index in [2.05, 4.69) is 0 Å². The van der Waals surface area contributed by atoms with Crippen molar-refractivity contribution in [1.82, 2.24) is 0 Å². The van der Waals surface area contributed by atoms with Crippen LogP contribution in [0.3, 0.4) is 0 Å². The Labute approximate surface area is 140 Å². The van der Waals surface area contributed by atoms with Crippen molar-refractivity contribution < 1.29 is 52.7 Å². The third-order valence-corrected chi connectivity index (χ3v) is 7.19. The Morgan fingerprint density at radius 3 is 0.542 bits per heavy atom. The summed E-state index contributed by atoms with van der Waals surface area (Å²) in [5.74, 6) is 0. The smallest absolute Gasteiger partial charge is 0.166 e. The molecule has 1 aliphatic rings. The van der Waals surface area contributed by atoms with E-state index in [9.17, 15) is 52.7 Å². The van der Waals surface area contributed by atoms with Gasteiger partial charge in [0.2, 0.25) is 0 Å². The number of allylic oxidation sites excluding steroid dienone is 4. The van der Waals surface area contributed by atoms with Crippen LogP contribution in [-0.2, 0) is 0 Å². The number of hydrogen-bond donors (Lipinski definition) is 0. The van der Waals surface area contributed by atoms with Crippen LogP contribution in [0.25, 0.3) is 0 Å². The van der Waals surface area contributed by atoms with E-state index in [4.69, 9.17) is 0 Å². The molecule has 16 heteroatoms. The molecule has 24 heavy (non-hydrogen) atoms. The minimum atomic E-state index is -5.69. The van der Waals surface area contributed by atoms with Crippen molar-refractivity contribution >= 4 is 43.2 Å². The van der Waals surface area contributed by atoms with Crippen molar-refractivity contribution in [2.75, 3.05) is 0 Å². The van der Waals surface area contributed by atoms with Crippen molar-refractivity contribution in [2.24, 2.45) is 0 Å². The lowest BCUT2D eigenvalue weighted by Gasteiger charge is -2.24. The molecule has 0 aromatic carbocycles. The third kappa shape index (κ3) is 5.52. The van der Waals surface area contributed by atoms with Gasteiger partial charge in [-0.05, 0) is 43.2 Å². The molecule has 1 heterocycles. The highest BCUT2D eigenvalue weighted by molar-refractivity contribution is 8.82. The molecule has 0 saturated heterocycles. The van der Waals surface area contributed by atoms with Gasteiger partial charge in [0.15, 0.2) is 0 Å². The Morgan fingerprint density at radius 1 is 0.333 bits per heavy atom. The van der Waals surface area contributed by atoms with Crippen molar-refractivity contribution in [2.45, 2.75) is 24.7 Å². The quantitative estimate of drug-likeness (QED) is 0.277. The van der Waals surface area contributed by atoms with E-state index in [1.165, 1.54) is 0 Å². The molecule has 0 bridgehead atoms. The predicted octanol–water partition coefficient (Wildman–Crippen LogP) is 7.44. The minimum Gasteiger partial charge on any atom is -0.166 e. The van der Waals surface area contributed by atoms with Crippen LogP contribution in [0.5, 0.6) is 0 Å². The average molecular weight is 452 g/mol. The van der Waals surface area contributed by atoms with Gasteiger partial charge in [-0.3, -0.25) is 0 Å². The van der Waals surface area contributed by atoms with Crippen LogP contribution in [0, 0.1) is 0 Å². The van der Waals surface area contributed by atoms with Crippen LogP contribution in [0.4, 0.5) is 52.7 Å². The van der Waals surface area contributed by atoms with Crippen LogP contribution < -0.4 is 0 Å². The molecule has 0 atom stereocenters. The molecule has 0 fully saturated rings. The van der Waals surface area contributed by atoms with E-state index in [0.29, 0.717) is 0 Å². The van der Waals surface area contributed by atoms with Gasteiger partial charge in [0.1, 0.15) is 19.6 Å². The zero-order valence-electron chi connectivity index (χ0n) is 10.2. The monoisotopic (exact) mass is 452 g/mol. The largest absolute Gasteiger partial charge is 0.424 e. The first-order valence-electron chi connectivity index (χ1n) is 4.92. The van der Waals surface area contributed by atoms with Gasteiger partial charge in [0, 0.05) is 0 Å². The van der Waals surface area contributed by atoms with Crippen LogP contribution in [0.2, 0.25) is 0 Å². The zero-order chi connectivity index (χ0) is 19.1. The molecule has 0 aliphatic carbocycles. The molecular formula is C8F12S4. The van der Waals surface area contributed by atoms with Crippen molar-refractivity contribution in [3.05, 3.63) is 19.6 Å². The SMILES string of the molecule is FC(F)(F)C1=C(C(F)(F)F)SSC(C(F)(F)F)=C(C(F)(F)F)SS1. The summed E-state index contributed by atoms with van der Waals surface area (Å²) in [6.45, 7) is 0. The molecule has 1 aliphatic heterocycles. The number of hydrogen-bond acceptors (Lipinski definition) is 4. The zero-order valence-corrected chi connectivity index (χ0v) is 13.4. The van der Waals surface area contributed by atoms with Gasteiger partial charge < -0.3 is 0 Å². The second kappa shape index (κ2) is 6.98. The normalized spacial score (nSPS) is 19.5. The second-order valence-corrected chi connectivity index (χ2v) is 7.94. The van der Waals surface area contributed by atoms with E-state index in [0.717, 1.165) is 0 Å². The van der Waals surface area contributed by atoms with Gasteiger partial charge in [0.25, 0.3) is 0 Å². The van der Waals surface area contributed by atoms with Crippen molar-refractivity contribution in [3.63, 3.8) is 0 Å². The molecule has 0 unspecified atom stereocenters. The second-order valence-electron chi connectivity index (χ2n) is 3.64. The molecule has 0 saturated carbocycles. The topological polar surface area (TPSA) is 0 Å². The first kappa shape index (κ1) is 22.1. The van der Waals surface area contributed by atoms with Crippen LogP contribution >= 0.6 is 43.2 Å². The summed E-state index contributed by atoms with van der Waals surface area (Å²) >= 11 is 0. The molecule has 0 amide bonds. The number of halogens is 12. The minimum absolute atomic E-state index is 1.07. The van der Waals surface area contributed by atoms with Crippen LogP contribution in [-0.4, -0.2) is 24.7 Å². The fourth-order valence-corrected chi connectivity index (χ4v) is 6.77. The summed E-state index contributed by atoms with van der Waals surface area (Å²) in [5, 5.41) is 0. The van der Waals surface area contributed by atoms with E-state index >= 15 is 0 Å². The average Bonchev–Trinajstić information content (AvgIpc) is 2.20. The van der Waals surface area contributed by atoms with Gasteiger partial charge in [-0.1, -0.05) is 0 Å². The van der Waals surface area contributed by atoms with Crippen molar-refractivity contribution in [1.29, 1.82) is 0 Å². The summed E-state index contributed by atoms with van der Waals surface area (Å²) in [4.78, 5) is -9.83. The molecule has 140 valence electrons. The molecule has 0 radical (unpaired) electrons. The van der Waals surface area contributed by atoms with Crippen LogP contribution in [0.1, 0.15) is 0 Å². The lowest BCUT2D eigenvalue weighted by Crippen LogP contribution is -2.22. The molecule has 0 aromatic heterocycles. The molecule has 0 spiro atoms. The van der Waals surface area contributed by atoms with Gasteiger partial charge >= 0.3 is 24.7 Å². The molecular weight excluding hydrogens is 452 g/mol. The summed E-state index contributed by atoms with van der Waals surface area (Å²) in [7, 11) is -4.27. The van der Waals surface area contributed by atoms with Gasteiger partial charge in [-0.2, -0.15) is 52.7 Å². The maximum atomic E-state index is 12.7. The Kier molecular flexibility index (Phi) is 6.42. The van der Waals surface area contributed by atoms with Gasteiger partial charge in [-0.15, -0.1) is 0 Å².